The van der Waals surface area contributed by atoms with Crippen molar-refractivity contribution >= 4 is 58.3 Å². The van der Waals surface area contributed by atoms with E-state index in [9.17, 15) is 30.0 Å². The Bertz CT molecular complexity index is 1520. The molecule has 0 saturated carbocycles. The number of halogens is 2. The molecule has 222 valence electrons. The molecule has 42 heavy (non-hydrogen) atoms. The fourth-order valence-corrected chi connectivity index (χ4v) is 6.52. The summed E-state index contributed by atoms with van der Waals surface area (Å²) in [6, 6.07) is 17.8. The Morgan fingerprint density at radius 2 is 1.05 bits per heavy atom. The Morgan fingerprint density at radius 1 is 0.643 bits per heavy atom. The van der Waals surface area contributed by atoms with E-state index in [4.69, 9.17) is 0 Å². The van der Waals surface area contributed by atoms with Crippen molar-refractivity contribution in [2.24, 2.45) is 0 Å². The van der Waals surface area contributed by atoms with Crippen LogP contribution >= 0.6 is 24.8 Å². The molecule has 0 aliphatic carbocycles. The van der Waals surface area contributed by atoms with Crippen molar-refractivity contribution in [3.05, 3.63) is 71.8 Å². The van der Waals surface area contributed by atoms with Crippen LogP contribution in [0.2, 0.25) is 0 Å². The lowest BCUT2D eigenvalue weighted by atomic mass is 9.91. The highest BCUT2D eigenvalue weighted by atomic mass is 35.5. The van der Waals surface area contributed by atoms with Gasteiger partial charge in [-0.15, -0.1) is 24.8 Å². The van der Waals surface area contributed by atoms with Crippen molar-refractivity contribution < 1.29 is 30.0 Å². The van der Waals surface area contributed by atoms with Gasteiger partial charge < -0.3 is 20.4 Å². The largest absolute Gasteiger partial charge is 0.507 e. The second-order valence-corrected chi connectivity index (χ2v) is 11.0. The van der Waals surface area contributed by atoms with Crippen LogP contribution in [0.15, 0.2) is 60.7 Å². The van der Waals surface area contributed by atoms with Crippen molar-refractivity contribution in [2.75, 3.05) is 13.1 Å². The molecule has 0 spiro atoms. The topological polar surface area (TPSA) is 122 Å². The molecule has 8 nitrogen and oxygen atoms in total. The first-order chi connectivity index (χ1) is 19.3. The molecule has 2 atom stereocenters. The monoisotopic (exact) mass is 612 g/mol. The van der Waals surface area contributed by atoms with Gasteiger partial charge in [-0.1, -0.05) is 36.4 Å². The van der Waals surface area contributed by atoms with Crippen LogP contribution in [0.4, 0.5) is 0 Å². The van der Waals surface area contributed by atoms with Gasteiger partial charge in [0.2, 0.25) is 0 Å². The fourth-order valence-electron chi connectivity index (χ4n) is 6.52. The van der Waals surface area contributed by atoms with E-state index in [1.54, 1.807) is 12.1 Å². The molecule has 0 radical (unpaired) electrons. The Labute approximate surface area is 256 Å². The summed E-state index contributed by atoms with van der Waals surface area (Å²) in [7, 11) is 0. The predicted molar refractivity (Wildman–Crippen MR) is 167 cm³/mol. The molecule has 6 rings (SSSR count). The van der Waals surface area contributed by atoms with E-state index >= 15 is 0 Å². The Hall–Kier alpha value is -3.56. The highest BCUT2D eigenvalue weighted by Gasteiger charge is 2.31. The predicted octanol–water partition coefficient (Wildman–Crippen LogP) is 6.01. The van der Waals surface area contributed by atoms with E-state index in [1.165, 1.54) is 0 Å². The third-order valence-electron chi connectivity index (χ3n) is 8.44. The maximum atomic E-state index is 11.6. The first kappa shape index (κ1) is 31.4. The van der Waals surface area contributed by atoms with Crippen LogP contribution in [-0.2, 0) is 22.7 Å². The number of carboxylic acid groups (broad SMARTS) is 2. The highest BCUT2D eigenvalue weighted by molar-refractivity contribution is 6.09. The molecular weight excluding hydrogens is 579 g/mol. The van der Waals surface area contributed by atoms with Crippen LogP contribution in [0.5, 0.6) is 11.5 Å². The van der Waals surface area contributed by atoms with E-state index in [-0.39, 0.29) is 36.3 Å². The van der Waals surface area contributed by atoms with E-state index in [0.29, 0.717) is 37.1 Å². The molecule has 0 amide bonds. The number of carboxylic acids is 2. The number of hydrogen-bond acceptors (Lipinski definition) is 6. The number of fused-ring (bicyclic) bond motifs is 2. The van der Waals surface area contributed by atoms with Crippen molar-refractivity contribution in [3.63, 3.8) is 0 Å². The van der Waals surface area contributed by atoms with Gasteiger partial charge in [-0.2, -0.15) is 0 Å². The van der Waals surface area contributed by atoms with E-state index in [2.05, 4.69) is 0 Å². The maximum Gasteiger partial charge on any atom is 0.320 e. The summed E-state index contributed by atoms with van der Waals surface area (Å²) < 4.78 is 0. The quantitative estimate of drug-likeness (QED) is 0.200. The summed E-state index contributed by atoms with van der Waals surface area (Å²) in [4.78, 5) is 27.2. The smallest absolute Gasteiger partial charge is 0.320 e. The molecule has 2 fully saturated rings. The number of nitrogens with zero attached hydrogens (tertiary/aromatic N) is 2. The Balaban J connectivity index is 0.00000202. The summed E-state index contributed by atoms with van der Waals surface area (Å²) in [5, 5.41) is 44.5. The zero-order valence-electron chi connectivity index (χ0n) is 22.9. The third kappa shape index (κ3) is 5.85. The van der Waals surface area contributed by atoms with Crippen LogP contribution in [0.3, 0.4) is 0 Å². The number of benzene rings is 4. The molecule has 2 aliphatic heterocycles. The zero-order chi connectivity index (χ0) is 28.0. The van der Waals surface area contributed by atoms with E-state index in [0.717, 1.165) is 58.6 Å². The number of hydrogen-bond donors (Lipinski definition) is 4. The minimum absolute atomic E-state index is 0. The number of phenolic OH excluding ortho intramolecular Hbond substituents is 2. The van der Waals surface area contributed by atoms with Gasteiger partial charge in [0.15, 0.2) is 0 Å². The molecule has 4 N–H and O–H groups in total. The number of aromatic hydroxyl groups is 2. The van der Waals surface area contributed by atoms with Gasteiger partial charge in [-0.3, -0.25) is 19.4 Å². The average Bonchev–Trinajstić information content (AvgIpc) is 3.59. The summed E-state index contributed by atoms with van der Waals surface area (Å²) in [6.07, 6.45) is 3.04. The first-order valence-electron chi connectivity index (χ1n) is 13.7. The maximum absolute atomic E-state index is 11.6. The molecule has 0 bridgehead atoms. The number of aliphatic carboxylic acids is 2. The lowest BCUT2D eigenvalue weighted by molar-refractivity contribution is -0.143. The van der Waals surface area contributed by atoms with Crippen LogP contribution in [0.25, 0.3) is 32.7 Å². The van der Waals surface area contributed by atoms with E-state index in [1.807, 2.05) is 58.3 Å². The van der Waals surface area contributed by atoms with Gasteiger partial charge in [0, 0.05) is 24.2 Å². The van der Waals surface area contributed by atoms with Crippen LogP contribution in [-0.4, -0.2) is 67.3 Å². The molecule has 2 saturated heterocycles. The van der Waals surface area contributed by atoms with Crippen LogP contribution in [0, 0.1) is 0 Å². The Morgan fingerprint density at radius 3 is 1.43 bits per heavy atom. The third-order valence-corrected chi connectivity index (χ3v) is 8.44. The van der Waals surface area contributed by atoms with Crippen LogP contribution < -0.4 is 0 Å². The van der Waals surface area contributed by atoms with Crippen molar-refractivity contribution in [1.29, 1.82) is 0 Å². The van der Waals surface area contributed by atoms with Crippen molar-refractivity contribution in [3.8, 4) is 22.6 Å². The summed E-state index contributed by atoms with van der Waals surface area (Å²) >= 11 is 0. The number of phenols is 2. The molecule has 2 aliphatic rings. The minimum Gasteiger partial charge on any atom is -0.507 e. The number of carbonyl (C=O) groups is 2. The van der Waals surface area contributed by atoms with E-state index < -0.39 is 24.0 Å². The molecule has 2 heterocycles. The van der Waals surface area contributed by atoms with Gasteiger partial charge in [0.25, 0.3) is 0 Å². The summed E-state index contributed by atoms with van der Waals surface area (Å²) in [5.74, 6) is -1.47. The lowest BCUT2D eigenvalue weighted by Gasteiger charge is -2.22. The summed E-state index contributed by atoms with van der Waals surface area (Å²) in [5.41, 5.74) is 3.06. The van der Waals surface area contributed by atoms with Gasteiger partial charge in [-0.05, 0) is 95.7 Å². The molecular formula is C32H34Cl2N2O6. The van der Waals surface area contributed by atoms with Crippen LogP contribution in [0.1, 0.15) is 36.8 Å². The van der Waals surface area contributed by atoms with Crippen molar-refractivity contribution in [1.82, 2.24) is 9.80 Å². The molecule has 0 unspecified atom stereocenters. The standard InChI is InChI=1S/C32H32N2O6.2ClH/c35-27-11-7-21-15-19(17-33-13-1-3-25(33)31(37)38)5-9-23(21)29(27)30-24-10-6-20(16-22(24)8-12-28(30)36)18-34-14-2-4-26(34)32(39)40;;/h5-12,15-16,25-26,35-36H,1-4,13-14,17-18H2,(H,37,38)(H,39,40);2*1H/t25-,26-;;/m0../s1. The minimum atomic E-state index is -0.790. The zero-order valence-corrected chi connectivity index (χ0v) is 24.5. The molecule has 0 aromatic heterocycles. The van der Waals surface area contributed by atoms with Crippen molar-refractivity contribution in [2.45, 2.75) is 50.9 Å². The number of rotatable bonds is 7. The normalized spacial score (nSPS) is 19.0. The first-order valence-corrected chi connectivity index (χ1v) is 13.7. The molecule has 10 heteroatoms. The number of likely N-dealkylation sites (tertiary alicyclic amines) is 2. The second-order valence-electron chi connectivity index (χ2n) is 11.0. The van der Waals surface area contributed by atoms with Gasteiger partial charge in [0.05, 0.1) is 0 Å². The van der Waals surface area contributed by atoms with Gasteiger partial charge in [-0.25, -0.2) is 0 Å². The molecule has 4 aromatic rings. The average molecular weight is 614 g/mol. The SMILES string of the molecule is Cl.Cl.O=C(O)[C@@H]1CCCN1Cc1ccc2c(-c3c(O)ccc4cc(CN5CCC[C@H]5C(=O)O)ccc34)c(O)ccc2c1. The molecule has 4 aromatic carbocycles. The highest BCUT2D eigenvalue weighted by Crippen LogP contribution is 2.45. The fraction of sp³-hybridized carbons (Fsp3) is 0.312. The second kappa shape index (κ2) is 12.8. The Kier molecular flexibility index (Phi) is 9.53. The lowest BCUT2D eigenvalue weighted by Crippen LogP contribution is -2.35. The van der Waals surface area contributed by atoms with Gasteiger partial charge >= 0.3 is 11.9 Å². The summed E-state index contributed by atoms with van der Waals surface area (Å²) in [6.45, 7) is 2.56. The van der Waals surface area contributed by atoms with Gasteiger partial charge in [0.1, 0.15) is 23.6 Å².